The van der Waals surface area contributed by atoms with Gasteiger partial charge in [-0.3, -0.25) is 14.4 Å². The monoisotopic (exact) mass is 450 g/mol. The Balaban J connectivity index is 0.000000376. The molecule has 3 aliphatic rings. The number of nitriles is 1. The van der Waals surface area contributed by atoms with Gasteiger partial charge in [0.2, 0.25) is 17.7 Å². The average molecular weight is 451 g/mol. The molecule has 2 aromatic heterocycles. The Labute approximate surface area is 192 Å². The smallest absolute Gasteiger partial charge is 0.239 e. The van der Waals surface area contributed by atoms with Crippen molar-refractivity contribution in [1.29, 1.82) is 5.26 Å². The lowest BCUT2D eigenvalue weighted by Gasteiger charge is -2.33. The number of aromatic amines is 1. The largest absolute Gasteiger partial charge is 0.369 e. The van der Waals surface area contributed by atoms with Crippen LogP contribution in [0.1, 0.15) is 56.9 Å². The van der Waals surface area contributed by atoms with Crippen LogP contribution in [-0.4, -0.2) is 45.7 Å². The number of nitrogens with one attached hydrogen (secondary N) is 2. The number of pyridine rings is 1. The number of nitrogens with two attached hydrogens (primary N) is 1. The van der Waals surface area contributed by atoms with E-state index in [0.717, 1.165) is 55.1 Å². The number of fused-ring (bicyclic) bond motifs is 1. The number of piperidine rings is 1. The van der Waals surface area contributed by atoms with Crippen molar-refractivity contribution >= 4 is 34.6 Å². The zero-order chi connectivity index (χ0) is 23.5. The third-order valence-corrected chi connectivity index (χ3v) is 6.55. The first-order chi connectivity index (χ1) is 15.9. The Kier molecular flexibility index (Phi) is 6.63. The summed E-state index contributed by atoms with van der Waals surface area (Å²) in [6, 6.07) is 6.02. The molecule has 1 aliphatic heterocycles. The van der Waals surface area contributed by atoms with Crippen molar-refractivity contribution < 1.29 is 14.4 Å². The van der Waals surface area contributed by atoms with E-state index in [-0.39, 0.29) is 29.6 Å². The molecule has 174 valence electrons. The van der Waals surface area contributed by atoms with E-state index in [9.17, 15) is 14.4 Å². The van der Waals surface area contributed by atoms with Gasteiger partial charge in [0.15, 0.2) is 0 Å². The first-order valence-corrected chi connectivity index (χ1v) is 11.6. The molecule has 3 amide bonds. The van der Waals surface area contributed by atoms with Crippen molar-refractivity contribution in [2.24, 2.45) is 23.5 Å². The lowest BCUT2D eigenvalue weighted by molar-refractivity contribution is -0.134. The maximum atomic E-state index is 12.2. The molecule has 4 N–H and O–H groups in total. The second-order valence-corrected chi connectivity index (χ2v) is 9.23. The van der Waals surface area contributed by atoms with Crippen LogP contribution in [0.4, 0.5) is 5.82 Å². The fraction of sp³-hybridized carbons (Fsp3) is 0.542. The lowest BCUT2D eigenvalue weighted by atomic mass is 9.87. The lowest BCUT2D eigenvalue weighted by Crippen LogP contribution is -2.40. The fourth-order valence-corrected chi connectivity index (χ4v) is 4.15. The minimum atomic E-state index is -0.594. The molecule has 3 fully saturated rings. The second kappa shape index (κ2) is 9.61. The van der Waals surface area contributed by atoms with Crippen LogP contribution in [0.3, 0.4) is 0 Å². The van der Waals surface area contributed by atoms with E-state index >= 15 is 0 Å². The topological polar surface area (TPSA) is 145 Å². The molecule has 1 unspecified atom stereocenters. The predicted molar refractivity (Wildman–Crippen MR) is 123 cm³/mol. The van der Waals surface area contributed by atoms with Gasteiger partial charge in [-0.25, -0.2) is 4.98 Å². The molecule has 0 spiro atoms. The summed E-state index contributed by atoms with van der Waals surface area (Å²) in [6.45, 7) is 2.94. The van der Waals surface area contributed by atoms with E-state index in [4.69, 9.17) is 11.0 Å². The minimum Gasteiger partial charge on any atom is -0.369 e. The van der Waals surface area contributed by atoms with Gasteiger partial charge < -0.3 is 20.9 Å². The highest BCUT2D eigenvalue weighted by Crippen LogP contribution is 2.35. The van der Waals surface area contributed by atoms with Gasteiger partial charge in [-0.1, -0.05) is 0 Å². The molecule has 0 bridgehead atoms. The van der Waals surface area contributed by atoms with Crippen LogP contribution in [0.2, 0.25) is 0 Å². The summed E-state index contributed by atoms with van der Waals surface area (Å²) in [4.78, 5) is 43.8. The Morgan fingerprint density at radius 3 is 2.39 bits per heavy atom. The number of hydrogen-bond acceptors (Lipinski definition) is 5. The molecule has 9 nitrogen and oxygen atoms in total. The summed E-state index contributed by atoms with van der Waals surface area (Å²) in [7, 11) is 0. The van der Waals surface area contributed by atoms with E-state index in [0.29, 0.717) is 24.8 Å². The number of primary amides is 1. The Morgan fingerprint density at radius 2 is 1.85 bits per heavy atom. The Morgan fingerprint density at radius 1 is 1.18 bits per heavy atom. The molecule has 1 saturated heterocycles. The Bertz CT molecular complexity index is 1090. The van der Waals surface area contributed by atoms with Gasteiger partial charge in [0.25, 0.3) is 0 Å². The molecule has 5 rings (SSSR count). The standard InChI is InChI=1S/C20H23N5O2.C4H7NO/c1-12(11-21)20(27)25-8-5-13(6-9-25)16-10-17(24-19(26)14-2-3-14)23-18-15(16)4-7-22-18;5-4(6)3-1-2-3/h4,7,10,12-14H,2-3,5-6,8-9H2,1H3,(H2,22,23,24,26);3H,1-2H2,(H2,5,6). The number of aromatic nitrogens is 2. The molecule has 33 heavy (non-hydrogen) atoms. The summed E-state index contributed by atoms with van der Waals surface area (Å²) in [6.07, 6.45) is 7.49. The van der Waals surface area contributed by atoms with Crippen molar-refractivity contribution in [3.63, 3.8) is 0 Å². The number of anilines is 1. The highest BCUT2D eigenvalue weighted by molar-refractivity contribution is 5.94. The fourth-order valence-electron chi connectivity index (χ4n) is 4.15. The number of H-pyrrole nitrogens is 1. The number of amides is 3. The summed E-state index contributed by atoms with van der Waals surface area (Å²) < 4.78 is 0. The van der Waals surface area contributed by atoms with E-state index in [1.54, 1.807) is 11.8 Å². The molecular weight excluding hydrogens is 420 g/mol. The van der Waals surface area contributed by atoms with Crippen molar-refractivity contribution in [2.75, 3.05) is 18.4 Å². The van der Waals surface area contributed by atoms with E-state index in [1.165, 1.54) is 0 Å². The van der Waals surface area contributed by atoms with Gasteiger partial charge in [-0.05, 0) is 69.1 Å². The second-order valence-electron chi connectivity index (χ2n) is 9.23. The van der Waals surface area contributed by atoms with E-state index in [2.05, 4.69) is 15.3 Å². The zero-order valence-corrected chi connectivity index (χ0v) is 18.8. The minimum absolute atomic E-state index is 0.0465. The normalized spacial score (nSPS) is 19.2. The summed E-state index contributed by atoms with van der Waals surface area (Å²) in [5.74, 6) is 0.493. The third kappa shape index (κ3) is 5.51. The maximum absolute atomic E-state index is 12.2. The van der Waals surface area contributed by atoms with Gasteiger partial charge in [-0.15, -0.1) is 0 Å². The quantitative estimate of drug-likeness (QED) is 0.641. The van der Waals surface area contributed by atoms with Crippen LogP contribution in [0.25, 0.3) is 11.0 Å². The molecule has 2 saturated carbocycles. The maximum Gasteiger partial charge on any atom is 0.239 e. The molecule has 0 aromatic carbocycles. The van der Waals surface area contributed by atoms with Gasteiger partial charge >= 0.3 is 0 Å². The van der Waals surface area contributed by atoms with E-state index in [1.807, 2.05) is 24.4 Å². The molecular formula is C24H30N6O3. The highest BCUT2D eigenvalue weighted by Gasteiger charge is 2.31. The number of rotatable bonds is 5. The number of nitrogens with zero attached hydrogens (tertiary/aromatic N) is 3. The molecule has 9 heteroatoms. The van der Waals surface area contributed by atoms with Gasteiger partial charge in [0.05, 0.1) is 6.07 Å². The highest BCUT2D eigenvalue weighted by atomic mass is 16.2. The van der Waals surface area contributed by atoms with Crippen LogP contribution in [-0.2, 0) is 14.4 Å². The summed E-state index contributed by atoms with van der Waals surface area (Å²) in [5.41, 5.74) is 6.79. The Hall–Kier alpha value is -3.41. The van der Waals surface area contributed by atoms with Gasteiger partial charge in [0.1, 0.15) is 17.4 Å². The predicted octanol–water partition coefficient (Wildman–Crippen LogP) is 2.66. The van der Waals surface area contributed by atoms with Crippen LogP contribution in [0.5, 0.6) is 0 Å². The first kappa shape index (κ1) is 22.8. The molecule has 2 aliphatic carbocycles. The number of likely N-dealkylation sites (tertiary alicyclic amines) is 1. The van der Waals surface area contributed by atoms with Gasteiger partial charge in [0, 0.05) is 36.5 Å². The van der Waals surface area contributed by atoms with E-state index < -0.39 is 5.92 Å². The van der Waals surface area contributed by atoms with Crippen molar-refractivity contribution in [3.8, 4) is 6.07 Å². The first-order valence-electron chi connectivity index (χ1n) is 11.6. The van der Waals surface area contributed by atoms with Crippen molar-refractivity contribution in [2.45, 2.75) is 51.4 Å². The molecule has 3 heterocycles. The third-order valence-electron chi connectivity index (χ3n) is 6.55. The number of carbonyl (C=O) groups is 3. The number of carbonyl (C=O) groups excluding carboxylic acids is 3. The van der Waals surface area contributed by atoms with Crippen molar-refractivity contribution in [1.82, 2.24) is 14.9 Å². The van der Waals surface area contributed by atoms with Crippen molar-refractivity contribution in [3.05, 3.63) is 23.9 Å². The average Bonchev–Trinajstić information content (AvgIpc) is 3.74. The van der Waals surface area contributed by atoms with Crippen LogP contribution >= 0.6 is 0 Å². The molecule has 0 radical (unpaired) electrons. The van der Waals surface area contributed by atoms with Crippen LogP contribution < -0.4 is 11.1 Å². The molecule has 1 atom stereocenters. The van der Waals surface area contributed by atoms with Crippen LogP contribution in [0, 0.1) is 29.1 Å². The summed E-state index contributed by atoms with van der Waals surface area (Å²) in [5, 5.41) is 13.0. The molecule has 2 aromatic rings. The zero-order valence-electron chi connectivity index (χ0n) is 18.8. The van der Waals surface area contributed by atoms with Gasteiger partial charge in [-0.2, -0.15) is 5.26 Å². The summed E-state index contributed by atoms with van der Waals surface area (Å²) >= 11 is 0. The van der Waals surface area contributed by atoms with Crippen LogP contribution in [0.15, 0.2) is 18.3 Å². The SMILES string of the molecule is CC(C#N)C(=O)N1CCC(c2cc(NC(=O)C3CC3)nc3[nH]ccc23)CC1.NC(=O)C1CC1. The number of hydrogen-bond donors (Lipinski definition) is 3.